The summed E-state index contributed by atoms with van der Waals surface area (Å²) in [7, 11) is 0. The molecule has 0 aliphatic heterocycles. The van der Waals surface area contributed by atoms with Crippen LogP contribution in [0.15, 0.2) is 18.2 Å². The molecule has 1 aromatic rings. The van der Waals surface area contributed by atoms with Gasteiger partial charge in [-0.1, -0.05) is 0 Å². The normalized spacial score (nSPS) is 12.4. The highest BCUT2D eigenvalue weighted by Gasteiger charge is 2.32. The molecule has 0 atom stereocenters. The number of hydrogen-bond acceptors (Lipinski definition) is 1. The summed E-state index contributed by atoms with van der Waals surface area (Å²) in [5.74, 6) is -4.09. The quantitative estimate of drug-likeness (QED) is 0.616. The Labute approximate surface area is 119 Å². The highest BCUT2D eigenvalue weighted by atomic mass is 127. The molecule has 0 bridgehead atoms. The van der Waals surface area contributed by atoms with E-state index in [0.29, 0.717) is 13.0 Å². The van der Waals surface area contributed by atoms with Crippen molar-refractivity contribution in [3.8, 4) is 0 Å². The molecule has 1 rings (SSSR count). The Morgan fingerprint density at radius 3 is 2.26 bits per heavy atom. The standard InChI is InChI=1S/C11H9F5INO/c1-10(12,13)5-18-9(19)6-2-7(11(14,15)16)4-8(17)3-6/h2-4H,5H2,1H3,(H,18,19). The average molecular weight is 393 g/mol. The second kappa shape index (κ2) is 5.59. The average Bonchev–Trinajstić information content (AvgIpc) is 2.22. The molecule has 1 aromatic carbocycles. The Hall–Kier alpha value is -0.930. The zero-order valence-corrected chi connectivity index (χ0v) is 11.8. The molecule has 0 aliphatic rings. The van der Waals surface area contributed by atoms with Gasteiger partial charge in [-0.3, -0.25) is 4.79 Å². The van der Waals surface area contributed by atoms with Gasteiger partial charge in [-0.25, -0.2) is 8.78 Å². The van der Waals surface area contributed by atoms with E-state index in [-0.39, 0.29) is 9.13 Å². The zero-order valence-electron chi connectivity index (χ0n) is 9.62. The minimum Gasteiger partial charge on any atom is -0.346 e. The summed E-state index contributed by atoms with van der Waals surface area (Å²) in [6.07, 6.45) is -4.59. The van der Waals surface area contributed by atoms with Crippen LogP contribution < -0.4 is 5.32 Å². The van der Waals surface area contributed by atoms with Gasteiger partial charge >= 0.3 is 6.18 Å². The molecular weight excluding hydrogens is 384 g/mol. The van der Waals surface area contributed by atoms with Crippen molar-refractivity contribution in [2.24, 2.45) is 0 Å². The van der Waals surface area contributed by atoms with Crippen LogP contribution in [-0.4, -0.2) is 18.4 Å². The molecule has 0 saturated heterocycles. The Morgan fingerprint density at radius 1 is 1.21 bits per heavy atom. The molecule has 106 valence electrons. The van der Waals surface area contributed by atoms with Crippen molar-refractivity contribution in [1.82, 2.24) is 5.32 Å². The van der Waals surface area contributed by atoms with Crippen LogP contribution in [0.25, 0.3) is 0 Å². The minimum absolute atomic E-state index is 0.195. The third kappa shape index (κ3) is 5.29. The molecule has 0 saturated carbocycles. The van der Waals surface area contributed by atoms with Crippen molar-refractivity contribution in [2.75, 3.05) is 6.54 Å². The molecule has 19 heavy (non-hydrogen) atoms. The highest BCUT2D eigenvalue weighted by molar-refractivity contribution is 14.1. The summed E-state index contributed by atoms with van der Waals surface area (Å²) in [6, 6.07) is 2.69. The first-order valence-corrected chi connectivity index (χ1v) is 6.11. The number of alkyl halides is 5. The number of amides is 1. The predicted octanol–water partition coefficient (Wildman–Crippen LogP) is 3.70. The fraction of sp³-hybridized carbons (Fsp3) is 0.364. The smallest absolute Gasteiger partial charge is 0.346 e. The van der Waals surface area contributed by atoms with Crippen LogP contribution in [0.1, 0.15) is 22.8 Å². The molecule has 0 spiro atoms. The van der Waals surface area contributed by atoms with E-state index in [9.17, 15) is 26.7 Å². The molecule has 0 unspecified atom stereocenters. The Bertz CT molecular complexity index is 481. The lowest BCUT2D eigenvalue weighted by Gasteiger charge is -2.13. The number of carbonyl (C=O) groups excluding carboxylic acids is 1. The topological polar surface area (TPSA) is 29.1 Å². The van der Waals surface area contributed by atoms with Gasteiger partial charge in [0.05, 0.1) is 12.1 Å². The first kappa shape index (κ1) is 16.1. The highest BCUT2D eigenvalue weighted by Crippen LogP contribution is 2.31. The number of carbonyl (C=O) groups is 1. The fourth-order valence-corrected chi connectivity index (χ4v) is 1.89. The molecule has 1 amide bonds. The first-order chi connectivity index (χ1) is 8.49. The van der Waals surface area contributed by atoms with Gasteiger partial charge in [-0.15, -0.1) is 0 Å². The number of nitrogens with one attached hydrogen (secondary N) is 1. The van der Waals surface area contributed by atoms with Crippen molar-refractivity contribution in [2.45, 2.75) is 19.0 Å². The van der Waals surface area contributed by atoms with E-state index in [1.54, 1.807) is 22.6 Å². The lowest BCUT2D eigenvalue weighted by Crippen LogP contribution is -2.34. The number of hydrogen-bond donors (Lipinski definition) is 1. The lowest BCUT2D eigenvalue weighted by molar-refractivity contribution is -0.137. The van der Waals surface area contributed by atoms with E-state index < -0.39 is 30.1 Å². The van der Waals surface area contributed by atoms with Gasteiger partial charge in [0.1, 0.15) is 0 Å². The van der Waals surface area contributed by atoms with Crippen LogP contribution in [-0.2, 0) is 6.18 Å². The van der Waals surface area contributed by atoms with E-state index in [2.05, 4.69) is 0 Å². The summed E-state index contributed by atoms with van der Waals surface area (Å²) in [5, 5.41) is 1.89. The molecule has 0 heterocycles. The largest absolute Gasteiger partial charge is 0.416 e. The monoisotopic (exact) mass is 393 g/mol. The van der Waals surface area contributed by atoms with E-state index in [4.69, 9.17) is 0 Å². The number of rotatable bonds is 3. The van der Waals surface area contributed by atoms with E-state index in [1.807, 2.05) is 5.32 Å². The van der Waals surface area contributed by atoms with Gasteiger partial charge in [0.2, 0.25) is 0 Å². The zero-order chi connectivity index (χ0) is 14.8. The van der Waals surface area contributed by atoms with Gasteiger partial charge in [0.25, 0.3) is 11.8 Å². The Morgan fingerprint density at radius 2 is 1.79 bits per heavy atom. The predicted molar refractivity (Wildman–Crippen MR) is 67.1 cm³/mol. The van der Waals surface area contributed by atoms with Crippen molar-refractivity contribution >= 4 is 28.5 Å². The molecule has 0 aromatic heterocycles. The maximum Gasteiger partial charge on any atom is 0.416 e. The van der Waals surface area contributed by atoms with Crippen LogP contribution >= 0.6 is 22.6 Å². The Kier molecular flexibility index (Phi) is 4.75. The third-order valence-electron chi connectivity index (χ3n) is 2.05. The van der Waals surface area contributed by atoms with Crippen LogP contribution in [0.5, 0.6) is 0 Å². The van der Waals surface area contributed by atoms with Crippen LogP contribution in [0, 0.1) is 3.57 Å². The summed E-state index contributed by atoms with van der Waals surface area (Å²) in [4.78, 5) is 11.5. The van der Waals surface area contributed by atoms with Crippen molar-refractivity contribution in [3.05, 3.63) is 32.9 Å². The van der Waals surface area contributed by atoms with Gasteiger partial charge in [0.15, 0.2) is 0 Å². The number of halogens is 6. The Balaban J connectivity index is 2.95. The molecule has 0 aliphatic carbocycles. The molecule has 0 radical (unpaired) electrons. The fourth-order valence-electron chi connectivity index (χ4n) is 1.22. The van der Waals surface area contributed by atoms with Gasteiger partial charge < -0.3 is 5.32 Å². The molecular formula is C11H9F5INO. The SMILES string of the molecule is CC(F)(F)CNC(=O)c1cc(I)cc(C(F)(F)F)c1. The lowest BCUT2D eigenvalue weighted by atomic mass is 10.1. The van der Waals surface area contributed by atoms with E-state index >= 15 is 0 Å². The second-order valence-corrected chi connectivity index (χ2v) is 5.22. The van der Waals surface area contributed by atoms with Gasteiger partial charge in [-0.2, -0.15) is 13.2 Å². The number of benzene rings is 1. The van der Waals surface area contributed by atoms with E-state index in [0.717, 1.165) is 6.07 Å². The first-order valence-electron chi connectivity index (χ1n) is 5.03. The van der Waals surface area contributed by atoms with Crippen molar-refractivity contribution in [1.29, 1.82) is 0 Å². The maximum atomic E-state index is 12.5. The van der Waals surface area contributed by atoms with Crippen LogP contribution in [0.2, 0.25) is 0 Å². The van der Waals surface area contributed by atoms with Gasteiger partial charge in [0, 0.05) is 16.1 Å². The summed E-state index contributed by atoms with van der Waals surface area (Å²) >= 11 is 1.62. The molecule has 2 nitrogen and oxygen atoms in total. The van der Waals surface area contributed by atoms with Crippen molar-refractivity contribution < 1.29 is 26.7 Å². The maximum absolute atomic E-state index is 12.5. The summed E-state index contributed by atoms with van der Waals surface area (Å²) in [5.41, 5.74) is -1.30. The molecule has 0 fully saturated rings. The van der Waals surface area contributed by atoms with Crippen molar-refractivity contribution in [3.63, 3.8) is 0 Å². The van der Waals surface area contributed by atoms with E-state index in [1.165, 1.54) is 6.07 Å². The van der Waals surface area contributed by atoms with Crippen LogP contribution in [0.4, 0.5) is 22.0 Å². The second-order valence-electron chi connectivity index (χ2n) is 3.98. The molecule has 8 heteroatoms. The van der Waals surface area contributed by atoms with Gasteiger partial charge in [-0.05, 0) is 40.8 Å². The third-order valence-corrected chi connectivity index (χ3v) is 2.67. The van der Waals surface area contributed by atoms with Crippen LogP contribution in [0.3, 0.4) is 0 Å². The minimum atomic E-state index is -4.59. The summed E-state index contributed by atoms with van der Waals surface area (Å²) < 4.78 is 62.9. The summed E-state index contributed by atoms with van der Waals surface area (Å²) in [6.45, 7) is -0.332. The molecule has 1 N–H and O–H groups in total.